The van der Waals surface area contributed by atoms with Crippen LogP contribution in [0, 0.1) is 6.92 Å². The van der Waals surface area contributed by atoms with E-state index in [2.05, 4.69) is 20.4 Å². The van der Waals surface area contributed by atoms with Gasteiger partial charge in [0, 0.05) is 37.4 Å². The molecular weight excluding hydrogens is 322 g/mol. The molecule has 0 aromatic carbocycles. The second-order valence-corrected chi connectivity index (χ2v) is 6.35. The van der Waals surface area contributed by atoms with E-state index in [-0.39, 0.29) is 30.0 Å². The van der Waals surface area contributed by atoms with Crippen LogP contribution in [0.4, 0.5) is 0 Å². The monoisotopic (exact) mass is 345 g/mol. The number of rotatable bonds is 6. The first-order valence-electron chi connectivity index (χ1n) is 8.44. The quantitative estimate of drug-likeness (QED) is 0.817. The Bertz CT molecular complexity index is 820. The van der Waals surface area contributed by atoms with E-state index in [0.717, 1.165) is 30.8 Å². The second-order valence-electron chi connectivity index (χ2n) is 6.35. The van der Waals surface area contributed by atoms with Crippen LogP contribution >= 0.6 is 0 Å². The van der Waals surface area contributed by atoms with Gasteiger partial charge in [0.2, 0.25) is 0 Å². The molecule has 1 saturated carbocycles. The first-order chi connectivity index (χ1) is 12.0. The minimum absolute atomic E-state index is 0.0915. The molecule has 2 aromatic heterocycles. The van der Waals surface area contributed by atoms with E-state index in [1.807, 2.05) is 13.8 Å². The van der Waals surface area contributed by atoms with Gasteiger partial charge in [-0.3, -0.25) is 14.3 Å². The Hall–Kier alpha value is -2.48. The molecule has 0 spiro atoms. The van der Waals surface area contributed by atoms with Crippen LogP contribution in [0.3, 0.4) is 0 Å². The van der Waals surface area contributed by atoms with Crippen molar-refractivity contribution < 1.29 is 9.53 Å². The van der Waals surface area contributed by atoms with Gasteiger partial charge in [-0.2, -0.15) is 5.10 Å². The number of methoxy groups -OCH3 is 1. The van der Waals surface area contributed by atoms with Crippen LogP contribution in [0.25, 0.3) is 0 Å². The number of aryl methyl sites for hydroxylation is 1. The molecule has 25 heavy (non-hydrogen) atoms. The van der Waals surface area contributed by atoms with Crippen molar-refractivity contribution in [2.75, 3.05) is 7.11 Å². The van der Waals surface area contributed by atoms with E-state index >= 15 is 0 Å². The predicted octanol–water partition coefficient (Wildman–Crippen LogP) is 1.12. The van der Waals surface area contributed by atoms with Crippen LogP contribution in [-0.4, -0.2) is 38.8 Å². The summed E-state index contributed by atoms with van der Waals surface area (Å²) >= 11 is 0. The van der Waals surface area contributed by atoms with Gasteiger partial charge in [0.1, 0.15) is 12.4 Å². The fourth-order valence-corrected chi connectivity index (χ4v) is 3.17. The molecule has 2 heterocycles. The number of aromatic amines is 1. The van der Waals surface area contributed by atoms with Crippen LogP contribution < -0.4 is 10.9 Å². The van der Waals surface area contributed by atoms with Gasteiger partial charge in [-0.05, 0) is 26.7 Å². The van der Waals surface area contributed by atoms with E-state index < -0.39 is 0 Å². The molecule has 1 fully saturated rings. The molecule has 134 valence electrons. The summed E-state index contributed by atoms with van der Waals surface area (Å²) in [6.07, 6.45) is 3.16. The average Bonchev–Trinajstić information content (AvgIpc) is 2.90. The summed E-state index contributed by atoms with van der Waals surface area (Å²) < 4.78 is 6.82. The number of carbonyl (C=O) groups is 1. The molecule has 0 bridgehead atoms. The Morgan fingerprint density at radius 1 is 1.48 bits per heavy atom. The van der Waals surface area contributed by atoms with Crippen LogP contribution in [-0.2, 0) is 17.9 Å². The lowest BCUT2D eigenvalue weighted by Crippen LogP contribution is -2.44. The molecule has 8 heteroatoms. The number of nitrogens with one attached hydrogen (secondary N) is 2. The molecular formula is C17H23N5O3. The minimum Gasteiger partial charge on any atom is -0.377 e. The van der Waals surface area contributed by atoms with E-state index in [9.17, 15) is 9.59 Å². The highest BCUT2D eigenvalue weighted by Gasteiger charge is 2.33. The molecule has 1 aliphatic carbocycles. The van der Waals surface area contributed by atoms with Crippen LogP contribution in [0.15, 0.2) is 17.1 Å². The summed E-state index contributed by atoms with van der Waals surface area (Å²) in [7, 11) is 1.56. The Balaban J connectivity index is 1.60. The minimum atomic E-state index is -0.174. The summed E-state index contributed by atoms with van der Waals surface area (Å²) in [6.45, 7) is 4.90. The molecule has 0 radical (unpaired) electrons. The van der Waals surface area contributed by atoms with Gasteiger partial charge in [0.05, 0.1) is 17.5 Å². The van der Waals surface area contributed by atoms with Gasteiger partial charge in [-0.1, -0.05) is 0 Å². The second kappa shape index (κ2) is 7.18. The van der Waals surface area contributed by atoms with Gasteiger partial charge in [0.15, 0.2) is 0 Å². The lowest BCUT2D eigenvalue weighted by Gasteiger charge is -2.35. The largest absolute Gasteiger partial charge is 0.377 e. The van der Waals surface area contributed by atoms with Crippen LogP contribution in [0.1, 0.15) is 53.3 Å². The summed E-state index contributed by atoms with van der Waals surface area (Å²) in [5.74, 6) is 0.613. The van der Waals surface area contributed by atoms with Crippen molar-refractivity contribution >= 4 is 5.91 Å². The average molecular weight is 345 g/mol. The molecule has 1 amide bonds. The zero-order chi connectivity index (χ0) is 18.0. The van der Waals surface area contributed by atoms with Crippen LogP contribution in [0.5, 0.6) is 0 Å². The van der Waals surface area contributed by atoms with Crippen molar-refractivity contribution in [2.45, 2.75) is 51.8 Å². The number of hydrogen-bond acceptors (Lipinski definition) is 5. The molecule has 3 rings (SSSR count). The van der Waals surface area contributed by atoms with E-state index in [1.165, 1.54) is 6.07 Å². The Kier molecular flexibility index (Phi) is 4.98. The van der Waals surface area contributed by atoms with E-state index in [1.54, 1.807) is 18.0 Å². The normalized spacial score (nSPS) is 19.5. The predicted molar refractivity (Wildman–Crippen MR) is 91.4 cm³/mol. The molecule has 0 saturated heterocycles. The Labute approximate surface area is 145 Å². The number of H-pyrrole nitrogens is 1. The summed E-state index contributed by atoms with van der Waals surface area (Å²) in [5, 5.41) is 7.24. The lowest BCUT2D eigenvalue weighted by atomic mass is 9.78. The topological polar surface area (TPSA) is 102 Å². The van der Waals surface area contributed by atoms with Crippen molar-refractivity contribution in [2.24, 2.45) is 0 Å². The van der Waals surface area contributed by atoms with Crippen LogP contribution in [0.2, 0.25) is 0 Å². The first-order valence-corrected chi connectivity index (χ1v) is 8.44. The number of ether oxygens (including phenoxy) is 1. The number of carbonyl (C=O) groups excluding carboxylic acids is 1. The molecule has 0 aliphatic heterocycles. The Morgan fingerprint density at radius 2 is 2.24 bits per heavy atom. The van der Waals surface area contributed by atoms with E-state index in [4.69, 9.17) is 4.74 Å². The van der Waals surface area contributed by atoms with Crippen molar-refractivity contribution in [1.82, 2.24) is 25.1 Å². The fourth-order valence-electron chi connectivity index (χ4n) is 3.17. The third-order valence-corrected chi connectivity index (χ3v) is 4.63. The SMILES string of the molecule is CCn1ncc(C(=O)NC2CC(c3cc(=O)[nH]c(COC)n3)C2)c1C. The summed E-state index contributed by atoms with van der Waals surface area (Å²) in [4.78, 5) is 31.2. The number of amides is 1. The maximum atomic E-state index is 12.4. The zero-order valence-electron chi connectivity index (χ0n) is 14.7. The van der Waals surface area contributed by atoms with Crippen molar-refractivity contribution in [1.29, 1.82) is 0 Å². The van der Waals surface area contributed by atoms with Crippen molar-refractivity contribution in [3.8, 4) is 0 Å². The highest BCUT2D eigenvalue weighted by atomic mass is 16.5. The van der Waals surface area contributed by atoms with Crippen molar-refractivity contribution in [3.63, 3.8) is 0 Å². The lowest BCUT2D eigenvalue weighted by molar-refractivity contribution is 0.0907. The first kappa shape index (κ1) is 17.3. The van der Waals surface area contributed by atoms with Gasteiger partial charge < -0.3 is 15.0 Å². The fraction of sp³-hybridized carbons (Fsp3) is 0.529. The zero-order valence-corrected chi connectivity index (χ0v) is 14.7. The molecule has 8 nitrogen and oxygen atoms in total. The maximum absolute atomic E-state index is 12.4. The Morgan fingerprint density at radius 3 is 2.88 bits per heavy atom. The van der Waals surface area contributed by atoms with Gasteiger partial charge in [-0.15, -0.1) is 0 Å². The summed E-state index contributed by atoms with van der Waals surface area (Å²) in [6, 6.07) is 1.62. The molecule has 0 atom stereocenters. The standard InChI is InChI=1S/C17H23N5O3/c1-4-22-10(2)13(8-18-22)17(24)19-12-5-11(6-12)14-7-16(23)21-15(20-14)9-25-3/h7-8,11-12H,4-6,9H2,1-3H3,(H,19,24)(H,20,21,23). The van der Waals surface area contributed by atoms with Gasteiger partial charge >= 0.3 is 0 Å². The third kappa shape index (κ3) is 3.63. The van der Waals surface area contributed by atoms with Gasteiger partial charge in [-0.25, -0.2) is 4.98 Å². The molecule has 1 aliphatic rings. The number of hydrogen-bond donors (Lipinski definition) is 2. The number of nitrogens with zero attached hydrogens (tertiary/aromatic N) is 3. The smallest absolute Gasteiger partial charge is 0.254 e. The highest BCUT2D eigenvalue weighted by molar-refractivity contribution is 5.95. The molecule has 2 aromatic rings. The maximum Gasteiger partial charge on any atom is 0.254 e. The van der Waals surface area contributed by atoms with Crippen molar-refractivity contribution in [3.05, 3.63) is 45.4 Å². The molecule has 0 unspecified atom stereocenters. The molecule has 2 N–H and O–H groups in total. The highest BCUT2D eigenvalue weighted by Crippen LogP contribution is 2.35. The summed E-state index contributed by atoms with van der Waals surface area (Å²) in [5.41, 5.74) is 2.07. The third-order valence-electron chi connectivity index (χ3n) is 4.63. The van der Waals surface area contributed by atoms with E-state index in [0.29, 0.717) is 11.4 Å². The van der Waals surface area contributed by atoms with Gasteiger partial charge in [0.25, 0.3) is 11.5 Å². The number of aromatic nitrogens is 4.